The zero-order valence-corrected chi connectivity index (χ0v) is 11.7. The SMILES string of the molecule is Cc1ccc2c(C(=O)C3(C)CCCO3)cn(C)c2c1. The molecule has 19 heavy (non-hydrogen) atoms. The highest BCUT2D eigenvalue weighted by Crippen LogP contribution is 2.32. The van der Waals surface area contributed by atoms with Gasteiger partial charge in [0.2, 0.25) is 0 Å². The molecule has 3 nitrogen and oxygen atoms in total. The predicted octanol–water partition coefficient (Wildman–Crippen LogP) is 3.24. The molecular formula is C16H19NO2. The van der Waals surface area contributed by atoms with Gasteiger partial charge < -0.3 is 9.30 Å². The monoisotopic (exact) mass is 257 g/mol. The van der Waals surface area contributed by atoms with E-state index in [4.69, 9.17) is 4.74 Å². The van der Waals surface area contributed by atoms with Crippen LogP contribution in [-0.2, 0) is 11.8 Å². The van der Waals surface area contributed by atoms with Crippen LogP contribution in [0.25, 0.3) is 10.9 Å². The van der Waals surface area contributed by atoms with Gasteiger partial charge in [-0.1, -0.05) is 12.1 Å². The molecule has 0 amide bonds. The molecule has 2 aromatic rings. The van der Waals surface area contributed by atoms with Crippen molar-refractivity contribution in [2.45, 2.75) is 32.3 Å². The summed E-state index contributed by atoms with van der Waals surface area (Å²) in [6.07, 6.45) is 3.71. The highest BCUT2D eigenvalue weighted by Gasteiger charge is 2.39. The second kappa shape index (κ2) is 4.20. The Bertz CT molecular complexity index is 648. The van der Waals surface area contributed by atoms with Crippen LogP contribution in [0.15, 0.2) is 24.4 Å². The van der Waals surface area contributed by atoms with Gasteiger partial charge in [0.25, 0.3) is 0 Å². The number of aromatic nitrogens is 1. The predicted molar refractivity (Wildman–Crippen MR) is 75.6 cm³/mol. The van der Waals surface area contributed by atoms with Crippen LogP contribution in [0.4, 0.5) is 0 Å². The Kier molecular flexibility index (Phi) is 2.75. The summed E-state index contributed by atoms with van der Waals surface area (Å²) in [6.45, 7) is 4.66. The van der Waals surface area contributed by atoms with Crippen LogP contribution in [-0.4, -0.2) is 22.6 Å². The van der Waals surface area contributed by atoms with Crippen molar-refractivity contribution in [3.63, 3.8) is 0 Å². The van der Waals surface area contributed by atoms with Crippen molar-refractivity contribution in [3.8, 4) is 0 Å². The number of hydrogen-bond donors (Lipinski definition) is 0. The molecule has 0 spiro atoms. The van der Waals surface area contributed by atoms with E-state index in [9.17, 15) is 4.79 Å². The number of ketones is 1. The molecule has 1 fully saturated rings. The number of benzene rings is 1. The van der Waals surface area contributed by atoms with Crippen LogP contribution >= 0.6 is 0 Å². The number of carbonyl (C=O) groups excluding carboxylic acids is 1. The van der Waals surface area contributed by atoms with E-state index in [1.54, 1.807) is 0 Å². The third-order valence-electron chi connectivity index (χ3n) is 4.09. The normalized spacial score (nSPS) is 23.1. The van der Waals surface area contributed by atoms with Gasteiger partial charge in [0.1, 0.15) is 5.60 Å². The summed E-state index contributed by atoms with van der Waals surface area (Å²) in [5.41, 5.74) is 2.45. The molecule has 2 heterocycles. The lowest BCUT2D eigenvalue weighted by atomic mass is 9.92. The Morgan fingerprint density at radius 3 is 2.89 bits per heavy atom. The maximum Gasteiger partial charge on any atom is 0.196 e. The quantitative estimate of drug-likeness (QED) is 0.773. The van der Waals surface area contributed by atoms with Crippen LogP contribution in [0.2, 0.25) is 0 Å². The van der Waals surface area contributed by atoms with E-state index in [0.29, 0.717) is 6.61 Å². The topological polar surface area (TPSA) is 31.2 Å². The molecule has 1 aromatic heterocycles. The molecule has 0 saturated carbocycles. The number of aryl methyl sites for hydroxylation is 2. The minimum absolute atomic E-state index is 0.111. The summed E-state index contributed by atoms with van der Waals surface area (Å²) in [5.74, 6) is 0.111. The third kappa shape index (κ3) is 1.89. The molecule has 0 radical (unpaired) electrons. The molecule has 3 heteroatoms. The lowest BCUT2D eigenvalue weighted by Crippen LogP contribution is -2.34. The van der Waals surface area contributed by atoms with Gasteiger partial charge in [0.15, 0.2) is 5.78 Å². The largest absolute Gasteiger partial charge is 0.367 e. The average Bonchev–Trinajstić information content (AvgIpc) is 2.95. The first-order chi connectivity index (χ1) is 9.01. The summed E-state index contributed by atoms with van der Waals surface area (Å²) >= 11 is 0. The molecule has 1 atom stereocenters. The summed E-state index contributed by atoms with van der Waals surface area (Å²) < 4.78 is 7.70. The highest BCUT2D eigenvalue weighted by molar-refractivity contribution is 6.12. The van der Waals surface area contributed by atoms with Gasteiger partial charge in [-0.15, -0.1) is 0 Å². The molecule has 0 N–H and O–H groups in total. The minimum Gasteiger partial charge on any atom is -0.367 e. The number of Topliss-reactive ketones (excluding diaryl/α,β-unsaturated/α-hetero) is 1. The van der Waals surface area contributed by atoms with Crippen molar-refractivity contribution < 1.29 is 9.53 Å². The second-order valence-electron chi connectivity index (χ2n) is 5.69. The third-order valence-corrected chi connectivity index (χ3v) is 4.09. The fourth-order valence-electron chi connectivity index (χ4n) is 2.92. The number of hydrogen-bond acceptors (Lipinski definition) is 2. The summed E-state index contributed by atoms with van der Waals surface area (Å²) in [7, 11) is 1.98. The maximum atomic E-state index is 12.7. The van der Waals surface area contributed by atoms with Gasteiger partial charge in [0, 0.05) is 36.3 Å². The van der Waals surface area contributed by atoms with E-state index in [2.05, 4.69) is 19.1 Å². The van der Waals surface area contributed by atoms with Crippen LogP contribution in [0.3, 0.4) is 0 Å². The first-order valence-electron chi connectivity index (χ1n) is 6.76. The zero-order valence-electron chi connectivity index (χ0n) is 11.7. The van der Waals surface area contributed by atoms with Crippen LogP contribution in [0, 0.1) is 6.92 Å². The Labute approximate surface area is 113 Å². The van der Waals surface area contributed by atoms with Crippen molar-refractivity contribution in [1.82, 2.24) is 4.57 Å². The van der Waals surface area contributed by atoms with Crippen LogP contribution in [0.5, 0.6) is 0 Å². The Morgan fingerprint density at radius 2 is 2.21 bits per heavy atom. The van der Waals surface area contributed by atoms with E-state index < -0.39 is 5.60 Å². The maximum absolute atomic E-state index is 12.7. The average molecular weight is 257 g/mol. The molecule has 0 aliphatic carbocycles. The number of rotatable bonds is 2. The molecule has 1 aliphatic heterocycles. The van der Waals surface area contributed by atoms with E-state index in [-0.39, 0.29) is 5.78 Å². The van der Waals surface area contributed by atoms with E-state index in [0.717, 1.165) is 29.3 Å². The number of fused-ring (bicyclic) bond motifs is 1. The lowest BCUT2D eigenvalue weighted by Gasteiger charge is -2.20. The van der Waals surface area contributed by atoms with Gasteiger partial charge in [0.05, 0.1) is 0 Å². The first kappa shape index (κ1) is 12.4. The highest BCUT2D eigenvalue weighted by atomic mass is 16.5. The molecule has 1 aliphatic rings. The van der Waals surface area contributed by atoms with Gasteiger partial charge >= 0.3 is 0 Å². The van der Waals surface area contributed by atoms with Crippen molar-refractivity contribution in [1.29, 1.82) is 0 Å². The number of ether oxygens (including phenoxy) is 1. The van der Waals surface area contributed by atoms with Crippen molar-refractivity contribution in [3.05, 3.63) is 35.5 Å². The van der Waals surface area contributed by atoms with Crippen LogP contribution < -0.4 is 0 Å². The number of carbonyl (C=O) groups is 1. The Hall–Kier alpha value is -1.61. The van der Waals surface area contributed by atoms with E-state index in [1.807, 2.05) is 30.8 Å². The molecule has 1 aromatic carbocycles. The standard InChI is InChI=1S/C16H19NO2/c1-11-5-6-12-13(10-17(3)14(12)9-11)15(18)16(2)7-4-8-19-16/h5-6,9-10H,4,7-8H2,1-3H3. The van der Waals surface area contributed by atoms with Crippen molar-refractivity contribution in [2.24, 2.45) is 7.05 Å². The molecular weight excluding hydrogens is 238 g/mol. The summed E-state index contributed by atoms with van der Waals surface area (Å²) in [5, 5.41) is 1.02. The second-order valence-corrected chi connectivity index (χ2v) is 5.69. The fraction of sp³-hybridized carbons (Fsp3) is 0.438. The Morgan fingerprint density at radius 1 is 1.42 bits per heavy atom. The smallest absolute Gasteiger partial charge is 0.196 e. The van der Waals surface area contributed by atoms with E-state index >= 15 is 0 Å². The summed E-state index contributed by atoms with van der Waals surface area (Å²) in [4.78, 5) is 12.7. The van der Waals surface area contributed by atoms with Gasteiger partial charge in [-0.25, -0.2) is 0 Å². The van der Waals surface area contributed by atoms with Gasteiger partial charge in [-0.05, 0) is 38.3 Å². The van der Waals surface area contributed by atoms with Crippen molar-refractivity contribution in [2.75, 3.05) is 6.61 Å². The first-order valence-corrected chi connectivity index (χ1v) is 6.76. The molecule has 3 rings (SSSR count). The van der Waals surface area contributed by atoms with Crippen molar-refractivity contribution >= 4 is 16.7 Å². The van der Waals surface area contributed by atoms with Crippen LogP contribution in [0.1, 0.15) is 35.7 Å². The van der Waals surface area contributed by atoms with Gasteiger partial charge in [-0.2, -0.15) is 0 Å². The molecule has 1 saturated heterocycles. The minimum atomic E-state index is -0.640. The zero-order chi connectivity index (χ0) is 13.6. The molecule has 100 valence electrons. The van der Waals surface area contributed by atoms with Gasteiger partial charge in [-0.3, -0.25) is 4.79 Å². The summed E-state index contributed by atoms with van der Waals surface area (Å²) in [6, 6.07) is 6.21. The fourth-order valence-corrected chi connectivity index (χ4v) is 2.92. The molecule has 1 unspecified atom stereocenters. The van der Waals surface area contributed by atoms with E-state index in [1.165, 1.54) is 5.56 Å². The Balaban J connectivity index is 2.13. The number of nitrogens with zero attached hydrogens (tertiary/aromatic N) is 1. The molecule has 0 bridgehead atoms. The lowest BCUT2D eigenvalue weighted by molar-refractivity contribution is 0.0215.